The van der Waals surface area contributed by atoms with Gasteiger partial charge in [0.1, 0.15) is 12.4 Å². The average Bonchev–Trinajstić information content (AvgIpc) is 3.26. The summed E-state index contributed by atoms with van der Waals surface area (Å²) in [4.78, 5) is 41.1. The number of nitrogens with zero attached hydrogens (tertiary/aromatic N) is 2. The third kappa shape index (κ3) is 3.38. The quantitative estimate of drug-likeness (QED) is 0.637. The van der Waals surface area contributed by atoms with Gasteiger partial charge >= 0.3 is 0 Å². The Morgan fingerprint density at radius 3 is 2.61 bits per heavy atom. The van der Waals surface area contributed by atoms with Crippen molar-refractivity contribution in [1.82, 2.24) is 0 Å². The average molecular weight is 462 g/mol. The first-order valence-electron chi connectivity index (χ1n) is 10.4. The summed E-state index contributed by atoms with van der Waals surface area (Å²) in [5.74, 6) is -1.47. The highest BCUT2D eigenvalue weighted by Crippen LogP contribution is 2.55. The molecule has 0 saturated carbocycles. The smallest absolute Gasteiger partial charge is 0.269 e. The standard InChI is InChI=1S/C25H20FN3O3S/c1-16-7-2-4-11-20(16)27-22(30)14-28-21-12-5-3-10-19(21)25(24(28)32)29(23(31)15-33-25)18-9-6-8-17(26)13-18/h2-13H,14-15H2,1H3,(H,27,30)/t25-/m0/s1. The number of hydrogen-bond donors (Lipinski definition) is 1. The van der Waals surface area contributed by atoms with Crippen LogP contribution >= 0.6 is 11.8 Å². The Balaban J connectivity index is 1.53. The van der Waals surface area contributed by atoms with Crippen molar-refractivity contribution >= 4 is 46.5 Å². The molecule has 8 heteroatoms. The number of anilines is 3. The number of halogens is 1. The fourth-order valence-electron chi connectivity index (χ4n) is 4.37. The molecule has 2 aliphatic heterocycles. The van der Waals surface area contributed by atoms with Crippen LogP contribution in [0.25, 0.3) is 0 Å². The van der Waals surface area contributed by atoms with Crippen molar-refractivity contribution in [3.8, 4) is 0 Å². The fourth-order valence-corrected chi connectivity index (χ4v) is 5.73. The summed E-state index contributed by atoms with van der Waals surface area (Å²) < 4.78 is 14.0. The van der Waals surface area contributed by atoms with Gasteiger partial charge in [-0.3, -0.25) is 24.2 Å². The maximum absolute atomic E-state index is 14.0. The molecular weight excluding hydrogens is 441 g/mol. The predicted octanol–water partition coefficient (Wildman–Crippen LogP) is 4.05. The highest BCUT2D eigenvalue weighted by molar-refractivity contribution is 8.02. The molecule has 0 aromatic heterocycles. The van der Waals surface area contributed by atoms with Crippen molar-refractivity contribution in [2.75, 3.05) is 27.4 Å². The van der Waals surface area contributed by atoms with E-state index < -0.39 is 16.6 Å². The number of carbonyl (C=O) groups is 3. The van der Waals surface area contributed by atoms with E-state index in [0.29, 0.717) is 22.6 Å². The third-order valence-electron chi connectivity index (χ3n) is 5.85. The Morgan fingerprint density at radius 2 is 1.82 bits per heavy atom. The van der Waals surface area contributed by atoms with Crippen LogP contribution in [-0.4, -0.2) is 30.0 Å². The summed E-state index contributed by atoms with van der Waals surface area (Å²) >= 11 is 1.19. The van der Waals surface area contributed by atoms with Gasteiger partial charge in [-0.05, 0) is 42.8 Å². The fraction of sp³-hybridized carbons (Fsp3) is 0.160. The topological polar surface area (TPSA) is 69.7 Å². The number of carbonyl (C=O) groups excluding carboxylic acids is 3. The Morgan fingerprint density at radius 1 is 1.06 bits per heavy atom. The van der Waals surface area contributed by atoms with E-state index in [1.54, 1.807) is 36.4 Å². The molecule has 6 nitrogen and oxygen atoms in total. The van der Waals surface area contributed by atoms with Crippen molar-refractivity contribution in [2.24, 2.45) is 0 Å². The zero-order chi connectivity index (χ0) is 23.2. The van der Waals surface area contributed by atoms with Crippen LogP contribution in [0.15, 0.2) is 72.8 Å². The predicted molar refractivity (Wildman–Crippen MR) is 127 cm³/mol. The van der Waals surface area contributed by atoms with Gasteiger partial charge in [0.25, 0.3) is 5.91 Å². The minimum Gasteiger partial charge on any atom is -0.324 e. The normalized spacial score (nSPS) is 19.3. The van der Waals surface area contributed by atoms with E-state index in [-0.39, 0.29) is 24.1 Å². The van der Waals surface area contributed by atoms with Crippen LogP contribution < -0.4 is 15.1 Å². The molecule has 0 bridgehead atoms. The van der Waals surface area contributed by atoms with E-state index in [1.165, 1.54) is 39.8 Å². The van der Waals surface area contributed by atoms with Crippen LogP contribution in [0.3, 0.4) is 0 Å². The van der Waals surface area contributed by atoms with Crippen molar-refractivity contribution in [3.63, 3.8) is 0 Å². The van der Waals surface area contributed by atoms with Crippen molar-refractivity contribution in [2.45, 2.75) is 11.8 Å². The largest absolute Gasteiger partial charge is 0.324 e. The van der Waals surface area contributed by atoms with Crippen LogP contribution in [0.4, 0.5) is 21.5 Å². The van der Waals surface area contributed by atoms with Gasteiger partial charge in [-0.15, -0.1) is 11.8 Å². The molecule has 1 atom stereocenters. The van der Waals surface area contributed by atoms with Crippen molar-refractivity contribution in [1.29, 1.82) is 0 Å². The lowest BCUT2D eigenvalue weighted by Gasteiger charge is -2.33. The Kier molecular flexibility index (Phi) is 5.17. The molecule has 0 unspecified atom stereocenters. The second-order valence-corrected chi connectivity index (χ2v) is 9.08. The van der Waals surface area contributed by atoms with Gasteiger partial charge in [0, 0.05) is 16.9 Å². The van der Waals surface area contributed by atoms with E-state index in [9.17, 15) is 18.8 Å². The molecule has 3 aromatic rings. The molecule has 1 N–H and O–H groups in total. The molecule has 1 fully saturated rings. The number of aryl methyl sites for hydroxylation is 1. The Labute approximate surface area is 194 Å². The Bertz CT molecular complexity index is 1300. The summed E-state index contributed by atoms with van der Waals surface area (Å²) in [6.07, 6.45) is 0. The number of benzene rings is 3. The first-order valence-corrected chi connectivity index (χ1v) is 11.4. The molecule has 0 radical (unpaired) electrons. The monoisotopic (exact) mass is 461 g/mol. The maximum Gasteiger partial charge on any atom is 0.269 e. The van der Waals surface area contributed by atoms with E-state index in [0.717, 1.165) is 5.56 Å². The molecule has 5 rings (SSSR count). The summed E-state index contributed by atoms with van der Waals surface area (Å²) in [5.41, 5.74) is 3.05. The number of para-hydroxylation sites is 2. The molecule has 1 spiro atoms. The third-order valence-corrected chi connectivity index (χ3v) is 7.24. The minimum absolute atomic E-state index is 0.0693. The lowest BCUT2D eigenvalue weighted by atomic mass is 10.0. The van der Waals surface area contributed by atoms with Gasteiger partial charge < -0.3 is 5.32 Å². The minimum atomic E-state index is -1.38. The molecule has 3 amide bonds. The molecule has 3 aromatic carbocycles. The SMILES string of the molecule is Cc1ccccc1NC(=O)CN1C(=O)[C@@]2(SCC(=O)N2c2cccc(F)c2)c2ccccc21. The maximum atomic E-state index is 14.0. The number of thioether (sulfide) groups is 1. The highest BCUT2D eigenvalue weighted by Gasteiger charge is 2.61. The van der Waals surface area contributed by atoms with Crippen LogP contribution in [-0.2, 0) is 19.3 Å². The second-order valence-electron chi connectivity index (χ2n) is 7.91. The summed E-state index contributed by atoms with van der Waals surface area (Å²) in [6, 6.07) is 20.2. The van der Waals surface area contributed by atoms with E-state index in [1.807, 2.05) is 25.1 Å². The van der Waals surface area contributed by atoms with E-state index in [4.69, 9.17) is 0 Å². The molecule has 0 aliphatic carbocycles. The van der Waals surface area contributed by atoms with E-state index in [2.05, 4.69) is 5.32 Å². The Hall–Kier alpha value is -3.65. The van der Waals surface area contributed by atoms with E-state index >= 15 is 0 Å². The molecular formula is C25H20FN3O3S. The number of hydrogen-bond acceptors (Lipinski definition) is 4. The van der Waals surface area contributed by atoms with Crippen LogP contribution in [0, 0.1) is 12.7 Å². The summed E-state index contributed by atoms with van der Waals surface area (Å²) in [5, 5.41) is 2.86. The van der Waals surface area contributed by atoms with Crippen LogP contribution in [0.2, 0.25) is 0 Å². The number of amides is 3. The first kappa shape index (κ1) is 21.2. The highest BCUT2D eigenvalue weighted by atomic mass is 32.2. The van der Waals surface area contributed by atoms with Crippen molar-refractivity contribution < 1.29 is 18.8 Å². The van der Waals surface area contributed by atoms with Crippen LogP contribution in [0.1, 0.15) is 11.1 Å². The lowest BCUT2D eigenvalue weighted by Crippen LogP contribution is -2.50. The summed E-state index contributed by atoms with van der Waals surface area (Å²) in [6.45, 7) is 1.68. The van der Waals surface area contributed by atoms with Gasteiger partial charge in [-0.2, -0.15) is 0 Å². The van der Waals surface area contributed by atoms with Gasteiger partial charge in [0.05, 0.1) is 11.4 Å². The zero-order valence-electron chi connectivity index (χ0n) is 17.7. The lowest BCUT2D eigenvalue weighted by molar-refractivity contribution is -0.124. The number of nitrogens with one attached hydrogen (secondary N) is 1. The van der Waals surface area contributed by atoms with Crippen molar-refractivity contribution in [3.05, 3.63) is 89.7 Å². The molecule has 2 aliphatic rings. The van der Waals surface area contributed by atoms with Crippen LogP contribution in [0.5, 0.6) is 0 Å². The molecule has 2 heterocycles. The molecule has 33 heavy (non-hydrogen) atoms. The number of rotatable bonds is 4. The molecule has 1 saturated heterocycles. The van der Waals surface area contributed by atoms with Gasteiger partial charge in [0.15, 0.2) is 0 Å². The van der Waals surface area contributed by atoms with Gasteiger partial charge in [-0.1, -0.05) is 42.5 Å². The number of fused-ring (bicyclic) bond motifs is 2. The van der Waals surface area contributed by atoms with Gasteiger partial charge in [0.2, 0.25) is 16.7 Å². The second kappa shape index (κ2) is 8.04. The van der Waals surface area contributed by atoms with Gasteiger partial charge in [-0.25, -0.2) is 4.39 Å². The molecule has 166 valence electrons. The first-order chi connectivity index (χ1) is 15.9. The zero-order valence-corrected chi connectivity index (χ0v) is 18.6. The summed E-state index contributed by atoms with van der Waals surface area (Å²) in [7, 11) is 0.